The van der Waals surface area contributed by atoms with Crippen LogP contribution in [-0.4, -0.2) is 10.9 Å². The van der Waals surface area contributed by atoms with E-state index in [2.05, 4.69) is 15.6 Å². The van der Waals surface area contributed by atoms with E-state index in [1.165, 1.54) is 11.6 Å². The first kappa shape index (κ1) is 16.6. The monoisotopic (exact) mass is 365 g/mol. The van der Waals surface area contributed by atoms with Gasteiger partial charge in [0.05, 0.1) is 0 Å². The molecule has 5 nitrogen and oxygen atoms in total. The van der Waals surface area contributed by atoms with Crippen LogP contribution in [-0.2, 0) is 13.1 Å². The van der Waals surface area contributed by atoms with Gasteiger partial charge in [0.1, 0.15) is 5.56 Å². The molecule has 1 amide bonds. The normalized spacial score (nSPS) is 12.7. The Morgan fingerprint density at radius 3 is 2.65 bits per heavy atom. The lowest BCUT2D eigenvalue weighted by Gasteiger charge is -2.08. The molecule has 2 heterocycles. The molecule has 0 saturated carbocycles. The molecule has 4 rings (SSSR count). The number of halogens is 1. The molecular weight excluding hydrogens is 350 g/mol. The number of hydrogen-bond donors (Lipinski definition) is 3. The van der Waals surface area contributed by atoms with E-state index in [0.717, 1.165) is 24.2 Å². The second-order valence-corrected chi connectivity index (χ2v) is 6.60. The van der Waals surface area contributed by atoms with Crippen LogP contribution < -0.4 is 16.2 Å². The van der Waals surface area contributed by atoms with Crippen molar-refractivity contribution >= 4 is 23.2 Å². The van der Waals surface area contributed by atoms with Crippen LogP contribution in [0.5, 0.6) is 0 Å². The number of benzene rings is 2. The fraction of sp³-hybridized carbons (Fsp3) is 0.100. The number of fused-ring (bicyclic) bond motifs is 1. The number of pyridine rings is 1. The minimum atomic E-state index is -0.442. The summed E-state index contributed by atoms with van der Waals surface area (Å²) in [6.07, 6.45) is 0. The van der Waals surface area contributed by atoms with Crippen molar-refractivity contribution in [1.82, 2.24) is 10.3 Å². The number of anilines is 1. The molecule has 130 valence electrons. The fourth-order valence-electron chi connectivity index (χ4n) is 3.05. The summed E-state index contributed by atoms with van der Waals surface area (Å²) in [4.78, 5) is 27.6. The molecule has 0 unspecified atom stereocenters. The second-order valence-electron chi connectivity index (χ2n) is 6.17. The van der Waals surface area contributed by atoms with Gasteiger partial charge in [-0.1, -0.05) is 29.8 Å². The zero-order valence-corrected chi connectivity index (χ0v) is 14.6. The highest BCUT2D eigenvalue weighted by Gasteiger charge is 2.14. The molecule has 2 aromatic carbocycles. The van der Waals surface area contributed by atoms with Gasteiger partial charge in [-0.2, -0.15) is 0 Å². The zero-order valence-electron chi connectivity index (χ0n) is 13.8. The van der Waals surface area contributed by atoms with E-state index in [0.29, 0.717) is 16.4 Å². The molecular formula is C20H16ClN3O2. The van der Waals surface area contributed by atoms with Crippen molar-refractivity contribution < 1.29 is 4.79 Å². The molecule has 3 N–H and O–H groups in total. The molecule has 0 saturated heterocycles. The lowest BCUT2D eigenvalue weighted by Crippen LogP contribution is -2.23. The number of amides is 1. The number of hydrogen-bond acceptors (Lipinski definition) is 3. The van der Waals surface area contributed by atoms with Gasteiger partial charge < -0.3 is 15.6 Å². The van der Waals surface area contributed by atoms with Crippen LogP contribution in [0.1, 0.15) is 21.5 Å². The van der Waals surface area contributed by atoms with Crippen LogP contribution in [0.15, 0.2) is 59.4 Å². The number of nitrogens with one attached hydrogen (secondary N) is 3. The summed E-state index contributed by atoms with van der Waals surface area (Å²) >= 11 is 5.99. The van der Waals surface area contributed by atoms with Crippen molar-refractivity contribution in [3.63, 3.8) is 0 Å². The molecule has 1 aliphatic rings. The summed E-state index contributed by atoms with van der Waals surface area (Å²) in [5, 5.41) is 6.63. The number of carbonyl (C=O) groups is 1. The first-order valence-corrected chi connectivity index (χ1v) is 8.61. The topological polar surface area (TPSA) is 74.0 Å². The van der Waals surface area contributed by atoms with Gasteiger partial charge in [-0.3, -0.25) is 9.59 Å². The molecule has 0 aliphatic carbocycles. The van der Waals surface area contributed by atoms with Gasteiger partial charge in [0, 0.05) is 29.5 Å². The summed E-state index contributed by atoms with van der Waals surface area (Å²) in [6, 6.07) is 16.2. The smallest absolute Gasteiger partial charge is 0.261 e. The van der Waals surface area contributed by atoms with Crippen molar-refractivity contribution in [3.05, 3.63) is 86.7 Å². The fourth-order valence-corrected chi connectivity index (χ4v) is 3.24. The number of H-pyrrole nitrogens is 1. The highest BCUT2D eigenvalue weighted by atomic mass is 35.5. The Hall–Kier alpha value is -2.89. The average molecular weight is 366 g/mol. The first-order chi connectivity index (χ1) is 12.6. The molecule has 1 aliphatic heterocycles. The Balaban J connectivity index is 1.58. The number of aromatic nitrogens is 1. The predicted molar refractivity (Wildman–Crippen MR) is 102 cm³/mol. The Morgan fingerprint density at radius 1 is 1.00 bits per heavy atom. The molecule has 0 radical (unpaired) electrons. The van der Waals surface area contributed by atoms with Gasteiger partial charge >= 0.3 is 0 Å². The van der Waals surface area contributed by atoms with E-state index in [1.54, 1.807) is 24.3 Å². The SMILES string of the molecule is O=C(Nc1ccc2c(c1)CNC2)c1ccc(-c2cccc(Cl)c2)[nH]c1=O. The Bertz CT molecular complexity index is 1060. The van der Waals surface area contributed by atoms with E-state index in [1.807, 2.05) is 24.3 Å². The third-order valence-corrected chi connectivity index (χ3v) is 4.62. The molecule has 0 fully saturated rings. The van der Waals surface area contributed by atoms with Gasteiger partial charge in [0.15, 0.2) is 0 Å². The van der Waals surface area contributed by atoms with Crippen LogP contribution in [0.25, 0.3) is 11.3 Å². The number of carbonyl (C=O) groups excluding carboxylic acids is 1. The molecule has 0 bridgehead atoms. The maximum atomic E-state index is 12.5. The van der Waals surface area contributed by atoms with Crippen molar-refractivity contribution in [2.45, 2.75) is 13.1 Å². The van der Waals surface area contributed by atoms with Crippen LogP contribution in [0, 0.1) is 0 Å². The molecule has 3 aromatic rings. The summed E-state index contributed by atoms with van der Waals surface area (Å²) in [5.74, 6) is -0.435. The second kappa shape index (κ2) is 6.78. The quantitative estimate of drug-likeness (QED) is 0.664. The van der Waals surface area contributed by atoms with E-state index in [9.17, 15) is 9.59 Å². The van der Waals surface area contributed by atoms with Crippen LogP contribution in [0.3, 0.4) is 0 Å². The summed E-state index contributed by atoms with van der Waals surface area (Å²) in [7, 11) is 0. The third kappa shape index (κ3) is 3.27. The largest absolute Gasteiger partial charge is 0.322 e. The Kier molecular flexibility index (Phi) is 4.32. The van der Waals surface area contributed by atoms with Gasteiger partial charge in [0.25, 0.3) is 11.5 Å². The standard InChI is InChI=1S/C20H16ClN3O2/c21-15-3-1-2-12(8-15)18-7-6-17(20(26)24-18)19(25)23-16-5-4-13-10-22-11-14(13)9-16/h1-9,22H,10-11H2,(H,23,25)(H,24,26). The van der Waals surface area contributed by atoms with Crippen molar-refractivity contribution in [2.24, 2.45) is 0 Å². The van der Waals surface area contributed by atoms with E-state index >= 15 is 0 Å². The molecule has 0 atom stereocenters. The highest BCUT2D eigenvalue weighted by Crippen LogP contribution is 2.21. The van der Waals surface area contributed by atoms with Gasteiger partial charge in [0.2, 0.25) is 0 Å². The summed E-state index contributed by atoms with van der Waals surface area (Å²) < 4.78 is 0. The first-order valence-electron chi connectivity index (χ1n) is 8.23. The molecule has 0 spiro atoms. The maximum Gasteiger partial charge on any atom is 0.261 e. The Morgan fingerprint density at radius 2 is 1.85 bits per heavy atom. The van der Waals surface area contributed by atoms with Gasteiger partial charge in [-0.15, -0.1) is 0 Å². The molecule has 26 heavy (non-hydrogen) atoms. The van der Waals surface area contributed by atoms with Crippen LogP contribution in [0.4, 0.5) is 5.69 Å². The van der Waals surface area contributed by atoms with Crippen LogP contribution in [0.2, 0.25) is 5.02 Å². The van der Waals surface area contributed by atoms with Gasteiger partial charge in [-0.25, -0.2) is 0 Å². The van der Waals surface area contributed by atoms with E-state index < -0.39 is 11.5 Å². The lowest BCUT2D eigenvalue weighted by atomic mass is 10.1. The minimum Gasteiger partial charge on any atom is -0.322 e. The Labute approximate surface area is 155 Å². The lowest BCUT2D eigenvalue weighted by molar-refractivity contribution is 0.102. The summed E-state index contributed by atoms with van der Waals surface area (Å²) in [6.45, 7) is 1.63. The average Bonchev–Trinajstić information content (AvgIpc) is 3.09. The molecule has 1 aromatic heterocycles. The van der Waals surface area contributed by atoms with Crippen molar-refractivity contribution in [3.8, 4) is 11.3 Å². The van der Waals surface area contributed by atoms with E-state index in [4.69, 9.17) is 11.6 Å². The van der Waals surface area contributed by atoms with Crippen molar-refractivity contribution in [1.29, 1.82) is 0 Å². The van der Waals surface area contributed by atoms with E-state index in [-0.39, 0.29) is 5.56 Å². The summed E-state index contributed by atoms with van der Waals surface area (Å²) in [5.41, 5.74) is 4.08. The maximum absolute atomic E-state index is 12.5. The predicted octanol–water partition coefficient (Wildman–Crippen LogP) is 3.55. The van der Waals surface area contributed by atoms with Crippen molar-refractivity contribution in [2.75, 3.05) is 5.32 Å². The minimum absolute atomic E-state index is 0.0643. The molecule has 6 heteroatoms. The highest BCUT2D eigenvalue weighted by molar-refractivity contribution is 6.30. The van der Waals surface area contributed by atoms with Gasteiger partial charge in [-0.05, 0) is 53.1 Å². The third-order valence-electron chi connectivity index (χ3n) is 4.38. The number of aromatic amines is 1. The number of rotatable bonds is 3. The van der Waals surface area contributed by atoms with Crippen LogP contribution >= 0.6 is 11.6 Å². The zero-order chi connectivity index (χ0) is 18.1.